The molecule has 128 valence electrons. The third-order valence-electron chi connectivity index (χ3n) is 3.72. The Morgan fingerprint density at radius 1 is 1.00 bits per heavy atom. The average molecular weight is 359 g/mol. The minimum absolute atomic E-state index is 0.115. The zero-order chi connectivity index (χ0) is 18.0. The molecule has 1 unspecified atom stereocenters. The number of benzene rings is 2. The van der Waals surface area contributed by atoms with Gasteiger partial charge in [-0.2, -0.15) is 0 Å². The standard InChI is InChI=1S/C18H15F2N3OS/c1-11(16(24)12-3-7-14(19)8-4-12)25-18-22-21-17(23(18)2)13-5-9-15(20)10-6-13/h3-11H,1-2H3. The summed E-state index contributed by atoms with van der Waals surface area (Å²) in [6.07, 6.45) is 0. The number of aromatic nitrogens is 3. The van der Waals surface area contributed by atoms with Crippen molar-refractivity contribution in [1.29, 1.82) is 0 Å². The number of Topliss-reactive ketones (excluding diaryl/α,β-unsaturated/α-hetero) is 1. The lowest BCUT2D eigenvalue weighted by Crippen LogP contribution is -2.14. The lowest BCUT2D eigenvalue weighted by atomic mass is 10.1. The van der Waals surface area contributed by atoms with E-state index in [1.807, 2.05) is 0 Å². The molecule has 0 saturated heterocycles. The lowest BCUT2D eigenvalue weighted by molar-refractivity contribution is 0.0994. The largest absolute Gasteiger partial charge is 0.305 e. The van der Waals surface area contributed by atoms with Gasteiger partial charge in [0.1, 0.15) is 11.6 Å². The molecule has 25 heavy (non-hydrogen) atoms. The third-order valence-corrected chi connectivity index (χ3v) is 4.85. The number of carbonyl (C=O) groups is 1. The predicted molar refractivity (Wildman–Crippen MR) is 92.4 cm³/mol. The van der Waals surface area contributed by atoms with Crippen LogP contribution in [0.3, 0.4) is 0 Å². The summed E-state index contributed by atoms with van der Waals surface area (Å²) in [4.78, 5) is 12.4. The molecular weight excluding hydrogens is 344 g/mol. The Balaban J connectivity index is 1.78. The highest BCUT2D eigenvalue weighted by molar-refractivity contribution is 8.00. The predicted octanol–water partition coefficient (Wildman–Crippen LogP) is 4.12. The first-order valence-electron chi connectivity index (χ1n) is 7.57. The first kappa shape index (κ1) is 17.3. The van der Waals surface area contributed by atoms with E-state index in [0.717, 1.165) is 5.56 Å². The second-order valence-electron chi connectivity index (χ2n) is 5.50. The molecule has 1 heterocycles. The first-order valence-corrected chi connectivity index (χ1v) is 8.45. The Labute approximate surface area is 147 Å². The van der Waals surface area contributed by atoms with E-state index >= 15 is 0 Å². The topological polar surface area (TPSA) is 47.8 Å². The Bertz CT molecular complexity index is 892. The van der Waals surface area contributed by atoms with Gasteiger partial charge < -0.3 is 4.57 Å². The van der Waals surface area contributed by atoms with Gasteiger partial charge in [-0.05, 0) is 55.5 Å². The van der Waals surface area contributed by atoms with Crippen molar-refractivity contribution in [2.45, 2.75) is 17.3 Å². The molecule has 0 bridgehead atoms. The number of hydrogen-bond donors (Lipinski definition) is 0. The van der Waals surface area contributed by atoms with Crippen molar-refractivity contribution in [1.82, 2.24) is 14.8 Å². The fraction of sp³-hybridized carbons (Fsp3) is 0.167. The Hall–Kier alpha value is -2.54. The average Bonchev–Trinajstić information content (AvgIpc) is 2.96. The number of nitrogens with zero attached hydrogens (tertiary/aromatic N) is 3. The van der Waals surface area contributed by atoms with Crippen LogP contribution in [-0.2, 0) is 7.05 Å². The highest BCUT2D eigenvalue weighted by Gasteiger charge is 2.20. The minimum atomic E-state index is -0.408. The molecule has 0 aliphatic carbocycles. The quantitative estimate of drug-likeness (QED) is 0.508. The van der Waals surface area contributed by atoms with Crippen molar-refractivity contribution in [3.63, 3.8) is 0 Å². The minimum Gasteiger partial charge on any atom is -0.305 e. The van der Waals surface area contributed by atoms with Crippen LogP contribution in [0.4, 0.5) is 8.78 Å². The van der Waals surface area contributed by atoms with E-state index in [1.165, 1.54) is 48.2 Å². The number of hydrogen-bond acceptors (Lipinski definition) is 4. The smallest absolute Gasteiger partial charge is 0.191 e. The van der Waals surface area contributed by atoms with Crippen LogP contribution in [0, 0.1) is 11.6 Å². The summed E-state index contributed by atoms with van der Waals surface area (Å²) in [5.41, 5.74) is 1.18. The SMILES string of the molecule is CC(Sc1nnc(-c2ccc(F)cc2)n1C)C(=O)c1ccc(F)cc1. The van der Waals surface area contributed by atoms with Crippen LogP contribution in [0.25, 0.3) is 11.4 Å². The molecule has 0 saturated carbocycles. The van der Waals surface area contributed by atoms with Crippen molar-refractivity contribution in [3.8, 4) is 11.4 Å². The number of halogens is 2. The van der Waals surface area contributed by atoms with Crippen LogP contribution in [-0.4, -0.2) is 25.8 Å². The van der Waals surface area contributed by atoms with Crippen LogP contribution in [0.15, 0.2) is 53.7 Å². The molecule has 3 rings (SSSR count). The van der Waals surface area contributed by atoms with E-state index in [2.05, 4.69) is 10.2 Å². The first-order chi connectivity index (χ1) is 12.0. The van der Waals surface area contributed by atoms with Gasteiger partial charge in [0.2, 0.25) is 0 Å². The Kier molecular flexibility index (Phi) is 4.94. The highest BCUT2D eigenvalue weighted by atomic mass is 32.2. The summed E-state index contributed by atoms with van der Waals surface area (Å²) in [7, 11) is 1.79. The van der Waals surface area contributed by atoms with E-state index in [0.29, 0.717) is 16.5 Å². The molecule has 0 N–H and O–H groups in total. The Morgan fingerprint density at radius 3 is 2.16 bits per heavy atom. The molecule has 0 fully saturated rings. The van der Waals surface area contributed by atoms with Gasteiger partial charge in [-0.15, -0.1) is 10.2 Å². The van der Waals surface area contributed by atoms with Crippen molar-refractivity contribution >= 4 is 17.5 Å². The van der Waals surface area contributed by atoms with Crippen LogP contribution >= 0.6 is 11.8 Å². The summed E-state index contributed by atoms with van der Waals surface area (Å²) in [5.74, 6) is -0.228. The molecule has 4 nitrogen and oxygen atoms in total. The van der Waals surface area contributed by atoms with E-state index in [4.69, 9.17) is 0 Å². The van der Waals surface area contributed by atoms with Crippen LogP contribution in [0.1, 0.15) is 17.3 Å². The van der Waals surface area contributed by atoms with Crippen LogP contribution < -0.4 is 0 Å². The highest BCUT2D eigenvalue weighted by Crippen LogP contribution is 2.27. The van der Waals surface area contributed by atoms with E-state index in [9.17, 15) is 13.6 Å². The van der Waals surface area contributed by atoms with E-state index in [-0.39, 0.29) is 17.4 Å². The monoisotopic (exact) mass is 359 g/mol. The van der Waals surface area contributed by atoms with Gasteiger partial charge in [-0.3, -0.25) is 4.79 Å². The maximum absolute atomic E-state index is 13.0. The fourth-order valence-corrected chi connectivity index (χ4v) is 3.22. The molecule has 7 heteroatoms. The summed E-state index contributed by atoms with van der Waals surface area (Å²) >= 11 is 1.27. The Morgan fingerprint density at radius 2 is 1.56 bits per heavy atom. The third kappa shape index (κ3) is 3.76. The molecule has 0 spiro atoms. The summed E-state index contributed by atoms with van der Waals surface area (Å²) in [6.45, 7) is 1.77. The molecule has 1 aromatic heterocycles. The van der Waals surface area contributed by atoms with Gasteiger partial charge in [0, 0.05) is 18.2 Å². The summed E-state index contributed by atoms with van der Waals surface area (Å²) in [6, 6.07) is 11.4. The van der Waals surface area contributed by atoms with Crippen molar-refractivity contribution in [2.24, 2.45) is 7.05 Å². The number of carbonyl (C=O) groups excluding carboxylic acids is 1. The molecule has 0 radical (unpaired) electrons. The molecule has 3 aromatic rings. The van der Waals surface area contributed by atoms with Gasteiger partial charge >= 0.3 is 0 Å². The second-order valence-corrected chi connectivity index (χ2v) is 6.81. The zero-order valence-corrected chi connectivity index (χ0v) is 14.4. The molecule has 0 amide bonds. The summed E-state index contributed by atoms with van der Waals surface area (Å²) < 4.78 is 27.8. The number of ketones is 1. The molecule has 1 atom stereocenters. The molecular formula is C18H15F2N3OS. The lowest BCUT2D eigenvalue weighted by Gasteiger charge is -2.10. The van der Waals surface area contributed by atoms with Crippen molar-refractivity contribution < 1.29 is 13.6 Å². The maximum atomic E-state index is 13.0. The molecule has 0 aliphatic rings. The fourth-order valence-electron chi connectivity index (χ4n) is 2.33. The maximum Gasteiger partial charge on any atom is 0.191 e. The second kappa shape index (κ2) is 7.14. The number of rotatable bonds is 5. The van der Waals surface area contributed by atoms with Crippen molar-refractivity contribution in [2.75, 3.05) is 0 Å². The summed E-state index contributed by atoms with van der Waals surface area (Å²) in [5, 5.41) is 8.40. The number of thioether (sulfide) groups is 1. The van der Waals surface area contributed by atoms with Gasteiger partial charge in [-0.25, -0.2) is 8.78 Å². The normalized spacial score (nSPS) is 12.2. The molecule has 0 aliphatic heterocycles. The van der Waals surface area contributed by atoms with E-state index < -0.39 is 5.25 Å². The van der Waals surface area contributed by atoms with Crippen molar-refractivity contribution in [3.05, 3.63) is 65.7 Å². The van der Waals surface area contributed by atoms with Gasteiger partial charge in [0.25, 0.3) is 0 Å². The van der Waals surface area contributed by atoms with Crippen LogP contribution in [0.5, 0.6) is 0 Å². The van der Waals surface area contributed by atoms with Gasteiger partial charge in [0.15, 0.2) is 16.8 Å². The van der Waals surface area contributed by atoms with Gasteiger partial charge in [0.05, 0.1) is 5.25 Å². The van der Waals surface area contributed by atoms with E-state index in [1.54, 1.807) is 30.7 Å². The molecule has 2 aromatic carbocycles. The zero-order valence-electron chi connectivity index (χ0n) is 13.6. The van der Waals surface area contributed by atoms with Gasteiger partial charge in [-0.1, -0.05) is 11.8 Å². The van der Waals surface area contributed by atoms with Crippen LogP contribution in [0.2, 0.25) is 0 Å².